The monoisotopic (exact) mass is 312 g/mol. The smallest absolute Gasteiger partial charge is 0.347 e. The van der Waals surface area contributed by atoms with Crippen molar-refractivity contribution in [1.29, 1.82) is 0 Å². The van der Waals surface area contributed by atoms with Gasteiger partial charge < -0.3 is 10.4 Å². The molecule has 0 amide bonds. The summed E-state index contributed by atoms with van der Waals surface area (Å²) in [5.41, 5.74) is 2.01. The first-order chi connectivity index (χ1) is 8.06. The summed E-state index contributed by atoms with van der Waals surface area (Å²) in [4.78, 5) is 14.9. The molecule has 0 saturated carbocycles. The fraction of sp³-hybridized carbons (Fsp3) is 0.0909. The number of hydrogen-bond acceptors (Lipinski definition) is 4. The van der Waals surface area contributed by atoms with E-state index in [9.17, 15) is 4.79 Å². The minimum Gasteiger partial charge on any atom is -0.477 e. The molecule has 88 valence electrons. The van der Waals surface area contributed by atoms with Crippen molar-refractivity contribution in [3.63, 3.8) is 0 Å². The number of carboxylic acids is 1. The van der Waals surface area contributed by atoms with Gasteiger partial charge in [0, 0.05) is 10.2 Å². The number of rotatable bonds is 3. The summed E-state index contributed by atoms with van der Waals surface area (Å²) >= 11 is 4.55. The minimum absolute atomic E-state index is 0.221. The van der Waals surface area contributed by atoms with Crippen LogP contribution in [0.15, 0.2) is 28.9 Å². The Morgan fingerprint density at radius 1 is 1.53 bits per heavy atom. The van der Waals surface area contributed by atoms with E-state index in [4.69, 9.17) is 5.11 Å². The van der Waals surface area contributed by atoms with Gasteiger partial charge >= 0.3 is 5.97 Å². The number of carboxylic acid groups (broad SMARTS) is 1. The van der Waals surface area contributed by atoms with Crippen molar-refractivity contribution in [2.45, 2.75) is 6.92 Å². The summed E-state index contributed by atoms with van der Waals surface area (Å²) in [6.07, 6.45) is 1.35. The van der Waals surface area contributed by atoms with Crippen LogP contribution in [0.3, 0.4) is 0 Å². The fourth-order valence-electron chi connectivity index (χ4n) is 1.22. The molecule has 2 rings (SSSR count). The molecule has 0 atom stereocenters. The molecule has 2 N–H and O–H groups in total. The Morgan fingerprint density at radius 3 is 2.88 bits per heavy atom. The third-order valence-electron chi connectivity index (χ3n) is 2.14. The third kappa shape index (κ3) is 2.83. The van der Waals surface area contributed by atoms with E-state index in [2.05, 4.69) is 26.2 Å². The van der Waals surface area contributed by atoms with Gasteiger partial charge in [-0.1, -0.05) is 33.3 Å². The molecule has 0 fully saturated rings. The van der Waals surface area contributed by atoms with Gasteiger partial charge in [0.2, 0.25) is 0 Å². The maximum absolute atomic E-state index is 10.7. The van der Waals surface area contributed by atoms with Gasteiger partial charge in [-0.3, -0.25) is 0 Å². The zero-order valence-electron chi connectivity index (χ0n) is 8.90. The van der Waals surface area contributed by atoms with Crippen molar-refractivity contribution in [2.24, 2.45) is 0 Å². The van der Waals surface area contributed by atoms with Crippen LogP contribution in [0.5, 0.6) is 0 Å². The number of thiazole rings is 1. The highest BCUT2D eigenvalue weighted by Crippen LogP contribution is 2.26. The Kier molecular flexibility index (Phi) is 3.44. The minimum atomic E-state index is -0.958. The lowest BCUT2D eigenvalue weighted by Gasteiger charge is -2.04. The molecule has 1 aromatic carbocycles. The molecule has 1 heterocycles. The number of anilines is 2. The van der Waals surface area contributed by atoms with Crippen LogP contribution in [0.2, 0.25) is 0 Å². The van der Waals surface area contributed by atoms with Crippen LogP contribution >= 0.6 is 27.3 Å². The second-order valence-electron chi connectivity index (χ2n) is 3.42. The maximum Gasteiger partial charge on any atom is 0.347 e. The van der Waals surface area contributed by atoms with Crippen LogP contribution in [0.4, 0.5) is 10.8 Å². The summed E-state index contributed by atoms with van der Waals surface area (Å²) in [5.74, 6) is -0.958. The van der Waals surface area contributed by atoms with E-state index in [-0.39, 0.29) is 4.88 Å². The van der Waals surface area contributed by atoms with Crippen molar-refractivity contribution in [2.75, 3.05) is 5.32 Å². The Bertz CT molecular complexity index is 568. The van der Waals surface area contributed by atoms with Gasteiger partial charge in [0.1, 0.15) is 4.88 Å². The standard InChI is InChI=1S/C11H9BrN2O2S/c1-6-2-3-7(4-8(6)12)14-11-13-5-9(17-11)10(15)16/h2-5H,1H3,(H,13,14)(H,15,16). The Hall–Kier alpha value is -1.40. The van der Waals surface area contributed by atoms with E-state index < -0.39 is 5.97 Å². The number of nitrogens with zero attached hydrogens (tertiary/aromatic N) is 1. The summed E-state index contributed by atoms with van der Waals surface area (Å²) in [6.45, 7) is 2.00. The predicted molar refractivity (Wildman–Crippen MR) is 71.2 cm³/mol. The van der Waals surface area contributed by atoms with E-state index in [0.717, 1.165) is 27.1 Å². The molecule has 1 aromatic heterocycles. The van der Waals surface area contributed by atoms with Gasteiger partial charge in [0.05, 0.1) is 6.20 Å². The van der Waals surface area contributed by atoms with Crippen LogP contribution in [-0.4, -0.2) is 16.1 Å². The highest BCUT2D eigenvalue weighted by Gasteiger charge is 2.08. The number of benzene rings is 1. The first kappa shape index (κ1) is 12.1. The first-order valence-electron chi connectivity index (χ1n) is 4.78. The lowest BCUT2D eigenvalue weighted by Crippen LogP contribution is -1.90. The zero-order chi connectivity index (χ0) is 12.4. The van der Waals surface area contributed by atoms with Crippen LogP contribution in [0.1, 0.15) is 15.2 Å². The average Bonchev–Trinajstić information content (AvgIpc) is 2.72. The third-order valence-corrected chi connectivity index (χ3v) is 3.89. The Balaban J connectivity index is 2.19. The normalized spacial score (nSPS) is 10.2. The molecule has 0 unspecified atom stereocenters. The van der Waals surface area contributed by atoms with Crippen LogP contribution in [0, 0.1) is 6.92 Å². The molecule has 0 spiro atoms. The van der Waals surface area contributed by atoms with E-state index in [1.165, 1.54) is 6.20 Å². The lowest BCUT2D eigenvalue weighted by molar-refractivity contribution is 0.0702. The van der Waals surface area contributed by atoms with Gasteiger partial charge in [-0.25, -0.2) is 9.78 Å². The molecule has 4 nitrogen and oxygen atoms in total. The number of aryl methyl sites for hydroxylation is 1. The topological polar surface area (TPSA) is 62.2 Å². The van der Waals surface area contributed by atoms with Gasteiger partial charge in [-0.2, -0.15) is 0 Å². The summed E-state index contributed by atoms with van der Waals surface area (Å²) in [5, 5.41) is 12.4. The molecule has 0 aliphatic rings. The molecular weight excluding hydrogens is 304 g/mol. The number of carbonyl (C=O) groups is 1. The van der Waals surface area contributed by atoms with Crippen molar-refractivity contribution in [3.05, 3.63) is 39.3 Å². The van der Waals surface area contributed by atoms with Crippen LogP contribution < -0.4 is 5.32 Å². The van der Waals surface area contributed by atoms with Gasteiger partial charge in [0.25, 0.3) is 0 Å². The van der Waals surface area contributed by atoms with Crippen molar-refractivity contribution < 1.29 is 9.90 Å². The molecule has 2 aromatic rings. The first-order valence-corrected chi connectivity index (χ1v) is 6.39. The zero-order valence-corrected chi connectivity index (χ0v) is 11.3. The second kappa shape index (κ2) is 4.85. The highest BCUT2D eigenvalue weighted by atomic mass is 79.9. The molecular formula is C11H9BrN2O2S. The van der Waals surface area contributed by atoms with Crippen LogP contribution in [0.25, 0.3) is 0 Å². The van der Waals surface area contributed by atoms with Crippen LogP contribution in [-0.2, 0) is 0 Å². The van der Waals surface area contributed by atoms with Crippen molar-refractivity contribution >= 4 is 44.1 Å². The molecule has 0 radical (unpaired) electrons. The highest BCUT2D eigenvalue weighted by molar-refractivity contribution is 9.10. The Labute approximate surface area is 110 Å². The number of aromatic carboxylic acids is 1. The van der Waals surface area contributed by atoms with E-state index in [1.807, 2.05) is 25.1 Å². The van der Waals surface area contributed by atoms with Gasteiger partial charge in [-0.15, -0.1) is 0 Å². The Morgan fingerprint density at radius 2 is 2.29 bits per heavy atom. The second-order valence-corrected chi connectivity index (χ2v) is 5.31. The van der Waals surface area contributed by atoms with E-state index >= 15 is 0 Å². The SMILES string of the molecule is Cc1ccc(Nc2ncc(C(=O)O)s2)cc1Br. The van der Waals surface area contributed by atoms with E-state index in [1.54, 1.807) is 0 Å². The molecule has 0 bridgehead atoms. The molecule has 0 aliphatic carbocycles. The van der Waals surface area contributed by atoms with Crippen molar-refractivity contribution in [3.8, 4) is 0 Å². The largest absolute Gasteiger partial charge is 0.477 e. The molecule has 17 heavy (non-hydrogen) atoms. The lowest BCUT2D eigenvalue weighted by atomic mass is 10.2. The van der Waals surface area contributed by atoms with Crippen molar-refractivity contribution in [1.82, 2.24) is 4.98 Å². The number of halogens is 1. The fourth-order valence-corrected chi connectivity index (χ4v) is 2.28. The number of nitrogens with one attached hydrogen (secondary N) is 1. The van der Waals surface area contributed by atoms with E-state index in [0.29, 0.717) is 5.13 Å². The number of aromatic nitrogens is 1. The quantitative estimate of drug-likeness (QED) is 0.908. The summed E-state index contributed by atoms with van der Waals surface area (Å²) < 4.78 is 0.998. The van der Waals surface area contributed by atoms with Gasteiger partial charge in [-0.05, 0) is 24.6 Å². The predicted octanol–water partition coefficient (Wildman–Crippen LogP) is 3.66. The maximum atomic E-state index is 10.7. The summed E-state index contributed by atoms with van der Waals surface area (Å²) in [6, 6.07) is 5.82. The molecule has 0 aliphatic heterocycles. The molecule has 6 heteroatoms. The average molecular weight is 313 g/mol. The molecule has 0 saturated heterocycles. The van der Waals surface area contributed by atoms with Gasteiger partial charge in [0.15, 0.2) is 5.13 Å². The number of hydrogen-bond donors (Lipinski definition) is 2. The summed E-state index contributed by atoms with van der Waals surface area (Å²) in [7, 11) is 0.